The minimum atomic E-state index is -0.270. The predicted molar refractivity (Wildman–Crippen MR) is 92.1 cm³/mol. The van der Waals surface area contributed by atoms with Crippen LogP contribution in [0.5, 0.6) is 5.75 Å². The summed E-state index contributed by atoms with van der Waals surface area (Å²) < 4.78 is 5.06. The third-order valence-electron chi connectivity index (χ3n) is 3.19. The molecule has 0 aromatic heterocycles. The minimum absolute atomic E-state index is 0.151. The van der Waals surface area contributed by atoms with Crippen LogP contribution in [0.2, 0.25) is 0 Å². The highest BCUT2D eigenvalue weighted by atomic mass is 16.5. The van der Waals surface area contributed by atoms with Crippen LogP contribution in [0.3, 0.4) is 0 Å². The van der Waals surface area contributed by atoms with Gasteiger partial charge in [0, 0.05) is 18.5 Å². The first-order valence-electron chi connectivity index (χ1n) is 7.48. The number of carbonyl (C=O) groups excluding carboxylic acids is 2. The molecule has 2 aromatic rings. The highest BCUT2D eigenvalue weighted by Gasteiger charge is 2.05. The Morgan fingerprint density at radius 2 is 1.79 bits per heavy atom. The molecular formula is C18H19N3O3. The van der Waals surface area contributed by atoms with Gasteiger partial charge >= 0.3 is 0 Å². The van der Waals surface area contributed by atoms with E-state index in [1.54, 1.807) is 37.6 Å². The van der Waals surface area contributed by atoms with Crippen molar-refractivity contribution in [3.8, 4) is 5.75 Å². The van der Waals surface area contributed by atoms with Gasteiger partial charge in [-0.25, -0.2) is 5.43 Å². The molecule has 0 aliphatic heterocycles. The van der Waals surface area contributed by atoms with Crippen molar-refractivity contribution < 1.29 is 14.3 Å². The molecule has 2 rings (SSSR count). The molecule has 0 aliphatic rings. The zero-order valence-corrected chi connectivity index (χ0v) is 13.4. The molecule has 2 N–H and O–H groups in total. The van der Waals surface area contributed by atoms with E-state index in [9.17, 15) is 9.59 Å². The van der Waals surface area contributed by atoms with Gasteiger partial charge in [-0.3, -0.25) is 9.59 Å². The highest BCUT2D eigenvalue weighted by Crippen LogP contribution is 2.09. The SMILES string of the molecule is COc1ccc(/C=N/NC(=O)CCNC(=O)c2ccccc2)cc1. The van der Waals surface area contributed by atoms with E-state index >= 15 is 0 Å². The molecule has 0 aliphatic carbocycles. The van der Waals surface area contributed by atoms with Gasteiger partial charge in [-0.15, -0.1) is 0 Å². The molecule has 0 atom stereocenters. The predicted octanol–water partition coefficient (Wildman–Crippen LogP) is 1.97. The average molecular weight is 325 g/mol. The van der Waals surface area contributed by atoms with Crippen molar-refractivity contribution in [2.75, 3.05) is 13.7 Å². The summed E-state index contributed by atoms with van der Waals surface area (Å²) in [6, 6.07) is 16.1. The van der Waals surface area contributed by atoms with Gasteiger partial charge in [0.1, 0.15) is 5.75 Å². The number of methoxy groups -OCH3 is 1. The van der Waals surface area contributed by atoms with E-state index in [1.807, 2.05) is 30.3 Å². The number of amides is 2. The lowest BCUT2D eigenvalue weighted by atomic mass is 10.2. The molecule has 0 heterocycles. The van der Waals surface area contributed by atoms with Crippen molar-refractivity contribution >= 4 is 18.0 Å². The molecule has 2 amide bonds. The fraction of sp³-hybridized carbons (Fsp3) is 0.167. The van der Waals surface area contributed by atoms with Crippen molar-refractivity contribution in [3.63, 3.8) is 0 Å². The number of nitrogens with one attached hydrogen (secondary N) is 2. The molecule has 0 spiro atoms. The van der Waals surface area contributed by atoms with Gasteiger partial charge in [0.2, 0.25) is 5.91 Å². The van der Waals surface area contributed by atoms with Crippen molar-refractivity contribution in [1.82, 2.24) is 10.7 Å². The van der Waals surface area contributed by atoms with E-state index < -0.39 is 0 Å². The first-order chi connectivity index (χ1) is 11.7. The second-order valence-corrected chi connectivity index (χ2v) is 4.94. The Balaban J connectivity index is 1.69. The monoisotopic (exact) mass is 325 g/mol. The van der Waals surface area contributed by atoms with Gasteiger partial charge in [0.25, 0.3) is 5.91 Å². The molecule has 0 saturated carbocycles. The van der Waals surface area contributed by atoms with Gasteiger partial charge < -0.3 is 10.1 Å². The van der Waals surface area contributed by atoms with Crippen LogP contribution in [0.15, 0.2) is 59.7 Å². The maximum Gasteiger partial charge on any atom is 0.251 e. The van der Waals surface area contributed by atoms with E-state index in [4.69, 9.17) is 4.74 Å². The Kier molecular flexibility index (Phi) is 6.52. The van der Waals surface area contributed by atoms with Crippen LogP contribution in [0.25, 0.3) is 0 Å². The fourth-order valence-corrected chi connectivity index (χ4v) is 1.91. The van der Waals surface area contributed by atoms with Gasteiger partial charge in [-0.05, 0) is 42.0 Å². The van der Waals surface area contributed by atoms with Gasteiger partial charge in [-0.2, -0.15) is 5.10 Å². The molecule has 6 nitrogen and oxygen atoms in total. The maximum atomic E-state index is 11.8. The number of carbonyl (C=O) groups is 2. The summed E-state index contributed by atoms with van der Waals surface area (Å²) in [5, 5.41) is 6.56. The molecule has 6 heteroatoms. The molecule has 0 bridgehead atoms. The Hall–Kier alpha value is -3.15. The third kappa shape index (κ3) is 5.57. The number of benzene rings is 2. The van der Waals surface area contributed by atoms with Crippen LogP contribution in [0.1, 0.15) is 22.3 Å². The summed E-state index contributed by atoms with van der Waals surface area (Å²) in [5.41, 5.74) is 3.83. The van der Waals surface area contributed by atoms with Crippen LogP contribution >= 0.6 is 0 Å². The van der Waals surface area contributed by atoms with Gasteiger partial charge in [0.05, 0.1) is 13.3 Å². The van der Waals surface area contributed by atoms with Crippen LogP contribution < -0.4 is 15.5 Å². The molecule has 0 unspecified atom stereocenters. The summed E-state index contributed by atoms with van der Waals surface area (Å²) in [7, 11) is 1.60. The number of nitrogens with zero attached hydrogens (tertiary/aromatic N) is 1. The van der Waals surface area contributed by atoms with Crippen molar-refractivity contribution in [2.24, 2.45) is 5.10 Å². The Bertz CT molecular complexity index is 697. The van der Waals surface area contributed by atoms with E-state index in [-0.39, 0.29) is 24.8 Å². The number of hydrazone groups is 1. The summed E-state index contributed by atoms with van der Waals surface area (Å²) in [4.78, 5) is 23.5. The van der Waals surface area contributed by atoms with Gasteiger partial charge in [0.15, 0.2) is 0 Å². The lowest BCUT2D eigenvalue weighted by Crippen LogP contribution is -2.28. The quantitative estimate of drug-likeness (QED) is 0.603. The molecule has 0 saturated heterocycles. The second kappa shape index (κ2) is 9.09. The summed E-state index contributed by atoms with van der Waals surface area (Å²) >= 11 is 0. The number of rotatable bonds is 7. The molecule has 0 radical (unpaired) electrons. The molecule has 2 aromatic carbocycles. The second-order valence-electron chi connectivity index (χ2n) is 4.94. The van der Waals surface area contributed by atoms with Crippen molar-refractivity contribution in [1.29, 1.82) is 0 Å². The lowest BCUT2D eigenvalue weighted by molar-refractivity contribution is -0.120. The Morgan fingerprint density at radius 1 is 1.08 bits per heavy atom. The third-order valence-corrected chi connectivity index (χ3v) is 3.19. The minimum Gasteiger partial charge on any atom is -0.497 e. The van der Waals surface area contributed by atoms with Crippen LogP contribution in [0.4, 0.5) is 0 Å². The largest absolute Gasteiger partial charge is 0.497 e. The van der Waals surface area contributed by atoms with Crippen LogP contribution in [-0.4, -0.2) is 31.7 Å². The molecular weight excluding hydrogens is 306 g/mol. The number of ether oxygens (including phenoxy) is 1. The number of hydrogen-bond donors (Lipinski definition) is 2. The van der Waals surface area contributed by atoms with E-state index in [0.717, 1.165) is 11.3 Å². The first kappa shape index (κ1) is 17.2. The average Bonchev–Trinajstić information content (AvgIpc) is 2.63. The Morgan fingerprint density at radius 3 is 2.46 bits per heavy atom. The fourth-order valence-electron chi connectivity index (χ4n) is 1.91. The topological polar surface area (TPSA) is 79.8 Å². The van der Waals surface area contributed by atoms with Crippen molar-refractivity contribution in [2.45, 2.75) is 6.42 Å². The standard InChI is InChI=1S/C18H19N3O3/c1-24-16-9-7-14(8-10-16)13-20-21-17(22)11-12-19-18(23)15-5-3-2-4-6-15/h2-10,13H,11-12H2,1H3,(H,19,23)(H,21,22)/b20-13+. The molecule has 24 heavy (non-hydrogen) atoms. The lowest BCUT2D eigenvalue weighted by Gasteiger charge is -2.04. The first-order valence-corrected chi connectivity index (χ1v) is 7.48. The number of hydrogen-bond acceptors (Lipinski definition) is 4. The van der Waals surface area contributed by atoms with Crippen LogP contribution in [-0.2, 0) is 4.79 Å². The molecule has 0 fully saturated rings. The van der Waals surface area contributed by atoms with E-state index in [2.05, 4.69) is 15.8 Å². The maximum absolute atomic E-state index is 11.8. The summed E-state index contributed by atoms with van der Waals surface area (Å²) in [6.07, 6.45) is 1.69. The normalized spacial score (nSPS) is 10.4. The van der Waals surface area contributed by atoms with Crippen molar-refractivity contribution in [3.05, 3.63) is 65.7 Å². The van der Waals surface area contributed by atoms with E-state index in [1.165, 1.54) is 0 Å². The zero-order valence-electron chi connectivity index (χ0n) is 13.4. The molecule has 124 valence electrons. The highest BCUT2D eigenvalue weighted by molar-refractivity contribution is 5.94. The van der Waals surface area contributed by atoms with Crippen LogP contribution in [0, 0.1) is 0 Å². The smallest absolute Gasteiger partial charge is 0.251 e. The zero-order chi connectivity index (χ0) is 17.2. The van der Waals surface area contributed by atoms with E-state index in [0.29, 0.717) is 5.56 Å². The summed E-state index contributed by atoms with van der Waals surface area (Å²) in [5.74, 6) is 0.281. The summed E-state index contributed by atoms with van der Waals surface area (Å²) in [6.45, 7) is 0.248. The Labute approximate surface area is 140 Å². The van der Waals surface area contributed by atoms with Gasteiger partial charge in [-0.1, -0.05) is 18.2 Å².